The van der Waals surface area contributed by atoms with Crippen molar-refractivity contribution in [2.45, 2.75) is 80.6 Å². The molecule has 124 valence electrons. The van der Waals surface area contributed by atoms with Gasteiger partial charge in [0.25, 0.3) is 0 Å². The second-order valence-corrected chi connectivity index (χ2v) is 4.53. The monoisotopic (exact) mass is 290 g/mol. The van der Waals surface area contributed by atoms with E-state index < -0.39 is 6.16 Å². The molecule has 20 heavy (non-hydrogen) atoms. The van der Waals surface area contributed by atoms with Crippen molar-refractivity contribution in [1.29, 1.82) is 0 Å². The number of methoxy groups -OCH3 is 1. The van der Waals surface area contributed by atoms with Crippen LogP contribution in [0.3, 0.4) is 0 Å². The van der Waals surface area contributed by atoms with Crippen molar-refractivity contribution in [2.24, 2.45) is 11.8 Å². The van der Waals surface area contributed by atoms with Gasteiger partial charge in [-0.15, -0.1) is 0 Å². The Balaban J connectivity index is -0.000000236. The summed E-state index contributed by atoms with van der Waals surface area (Å²) in [5.41, 5.74) is 0. The minimum atomic E-state index is -0.623. The molecular weight excluding hydrogens is 252 g/mol. The summed E-state index contributed by atoms with van der Waals surface area (Å²) in [5.74, 6) is 1.99. The maximum absolute atomic E-state index is 9.97. The summed E-state index contributed by atoms with van der Waals surface area (Å²) in [4.78, 5) is 9.97. The fourth-order valence-corrected chi connectivity index (χ4v) is 1.98. The summed E-state index contributed by atoms with van der Waals surface area (Å²) >= 11 is 0. The molecule has 0 N–H and O–H groups in total. The van der Waals surface area contributed by atoms with Crippen LogP contribution in [-0.4, -0.2) is 19.9 Å². The molecule has 0 radical (unpaired) electrons. The van der Waals surface area contributed by atoms with Gasteiger partial charge in [0.2, 0.25) is 0 Å². The van der Waals surface area contributed by atoms with Crippen molar-refractivity contribution >= 4 is 6.16 Å². The van der Waals surface area contributed by atoms with Crippen molar-refractivity contribution < 1.29 is 14.3 Å². The molecule has 0 amide bonds. The Morgan fingerprint density at radius 3 is 1.70 bits per heavy atom. The first-order valence-corrected chi connectivity index (χ1v) is 8.32. The van der Waals surface area contributed by atoms with Crippen LogP contribution in [0.2, 0.25) is 0 Å². The van der Waals surface area contributed by atoms with Gasteiger partial charge in [0.15, 0.2) is 0 Å². The quantitative estimate of drug-likeness (QED) is 0.579. The first-order chi connectivity index (χ1) is 9.61. The Morgan fingerprint density at radius 1 is 1.05 bits per heavy atom. The van der Waals surface area contributed by atoms with Crippen LogP contribution in [0.25, 0.3) is 0 Å². The fraction of sp³-hybridized carbons (Fsp3) is 0.941. The largest absolute Gasteiger partial charge is 0.507 e. The third-order valence-electron chi connectivity index (χ3n) is 3.02. The molecule has 1 rings (SSSR count). The van der Waals surface area contributed by atoms with E-state index in [1.165, 1.54) is 39.2 Å². The molecule has 0 heterocycles. The normalized spacial score (nSPS) is 13.7. The highest BCUT2D eigenvalue weighted by Gasteiger charge is 2.15. The summed E-state index contributed by atoms with van der Waals surface area (Å²) in [7, 11) is 1.28. The lowest BCUT2D eigenvalue weighted by atomic mass is 9.82. The number of hydrogen-bond donors (Lipinski definition) is 0. The van der Waals surface area contributed by atoms with Crippen molar-refractivity contribution in [1.82, 2.24) is 0 Å². The van der Waals surface area contributed by atoms with Crippen LogP contribution in [0.1, 0.15) is 80.6 Å². The van der Waals surface area contributed by atoms with Crippen LogP contribution in [0.15, 0.2) is 0 Å². The highest BCUT2D eigenvalue weighted by atomic mass is 16.7. The minimum absolute atomic E-state index is 0.368. The molecule has 1 fully saturated rings. The zero-order chi connectivity index (χ0) is 16.4. The molecule has 0 aromatic rings. The van der Waals surface area contributed by atoms with E-state index in [0.29, 0.717) is 6.61 Å². The molecule has 0 bridgehead atoms. The topological polar surface area (TPSA) is 35.5 Å². The molecule has 0 aromatic carbocycles. The van der Waals surface area contributed by atoms with Gasteiger partial charge in [0, 0.05) is 0 Å². The Kier molecular flexibility index (Phi) is 25.0. The van der Waals surface area contributed by atoms with E-state index in [1.807, 2.05) is 27.7 Å². The minimum Gasteiger partial charge on any atom is -0.438 e. The summed E-state index contributed by atoms with van der Waals surface area (Å²) in [6.07, 6.45) is 6.84. The van der Waals surface area contributed by atoms with Gasteiger partial charge in [0.05, 0.1) is 13.7 Å². The molecule has 0 spiro atoms. The number of carbonyl (C=O) groups excluding carboxylic acids is 1. The van der Waals surface area contributed by atoms with Crippen LogP contribution in [-0.2, 0) is 9.47 Å². The first kappa shape index (κ1) is 24.3. The van der Waals surface area contributed by atoms with Gasteiger partial charge in [-0.25, -0.2) is 4.79 Å². The maximum Gasteiger partial charge on any atom is 0.507 e. The summed E-state index contributed by atoms with van der Waals surface area (Å²) in [6, 6.07) is 0. The van der Waals surface area contributed by atoms with Gasteiger partial charge in [-0.2, -0.15) is 0 Å². The standard InChI is InChI=1S/C9H18.C4H8O3.2C2H6/c1-8(2)9-6-4-3-5-7-9;1-3-7-4(5)6-2;2*1-2/h8-9H,3-7H2,1-2H3;3H2,1-2H3;2*1-2H3. The van der Waals surface area contributed by atoms with Crippen LogP contribution >= 0.6 is 0 Å². The summed E-state index contributed by atoms with van der Waals surface area (Å²) < 4.78 is 8.46. The Labute approximate surface area is 127 Å². The van der Waals surface area contributed by atoms with Crippen LogP contribution < -0.4 is 0 Å². The maximum atomic E-state index is 9.97. The molecule has 1 saturated carbocycles. The second-order valence-electron chi connectivity index (χ2n) is 4.53. The Bertz CT molecular complexity index is 173. The number of hydrogen-bond acceptors (Lipinski definition) is 3. The van der Waals surface area contributed by atoms with Crippen LogP contribution in [0.4, 0.5) is 4.79 Å². The lowest BCUT2D eigenvalue weighted by Gasteiger charge is -2.24. The molecule has 0 aliphatic heterocycles. The van der Waals surface area contributed by atoms with E-state index in [2.05, 4.69) is 23.3 Å². The van der Waals surface area contributed by atoms with Crippen molar-refractivity contribution in [3.05, 3.63) is 0 Å². The number of carbonyl (C=O) groups is 1. The van der Waals surface area contributed by atoms with Gasteiger partial charge in [-0.05, 0) is 18.8 Å². The van der Waals surface area contributed by atoms with Gasteiger partial charge < -0.3 is 9.47 Å². The molecule has 0 saturated heterocycles. The van der Waals surface area contributed by atoms with Crippen molar-refractivity contribution in [2.75, 3.05) is 13.7 Å². The first-order valence-electron chi connectivity index (χ1n) is 8.32. The smallest absolute Gasteiger partial charge is 0.438 e. The van der Waals surface area contributed by atoms with E-state index in [-0.39, 0.29) is 0 Å². The molecule has 1 aliphatic rings. The van der Waals surface area contributed by atoms with E-state index in [1.54, 1.807) is 6.92 Å². The molecule has 0 unspecified atom stereocenters. The molecule has 3 nitrogen and oxygen atoms in total. The van der Waals surface area contributed by atoms with E-state index in [0.717, 1.165) is 11.8 Å². The highest BCUT2D eigenvalue weighted by Crippen LogP contribution is 2.29. The predicted octanol–water partition coefficient (Wildman–Crippen LogP) is 6.06. The zero-order valence-corrected chi connectivity index (χ0v) is 15.1. The molecular formula is C17H38O3. The van der Waals surface area contributed by atoms with E-state index >= 15 is 0 Å². The average Bonchev–Trinajstić information content (AvgIpc) is 2.53. The fourth-order valence-electron chi connectivity index (χ4n) is 1.98. The SMILES string of the molecule is CC.CC.CC(C)C1CCCCC1.CCOC(=O)OC. The van der Waals surface area contributed by atoms with Gasteiger partial charge in [-0.1, -0.05) is 73.6 Å². The number of rotatable bonds is 2. The molecule has 0 aromatic heterocycles. The third-order valence-corrected chi connectivity index (χ3v) is 3.02. The van der Waals surface area contributed by atoms with E-state index in [4.69, 9.17) is 0 Å². The summed E-state index contributed by atoms with van der Waals surface area (Å²) in [6.45, 7) is 14.8. The van der Waals surface area contributed by atoms with Gasteiger partial charge in [0.1, 0.15) is 0 Å². The highest BCUT2D eigenvalue weighted by molar-refractivity contribution is 5.59. The lowest BCUT2D eigenvalue weighted by molar-refractivity contribution is 0.0771. The van der Waals surface area contributed by atoms with Crippen LogP contribution in [0, 0.1) is 11.8 Å². The molecule has 0 atom stereocenters. The predicted molar refractivity (Wildman–Crippen MR) is 88.1 cm³/mol. The number of ether oxygens (including phenoxy) is 2. The Morgan fingerprint density at radius 2 is 1.50 bits per heavy atom. The Hall–Kier alpha value is -0.730. The van der Waals surface area contributed by atoms with Gasteiger partial charge in [-0.3, -0.25) is 0 Å². The second kappa shape index (κ2) is 20.6. The average molecular weight is 290 g/mol. The van der Waals surface area contributed by atoms with Gasteiger partial charge >= 0.3 is 6.16 Å². The lowest BCUT2D eigenvalue weighted by Crippen LogP contribution is -2.12. The third kappa shape index (κ3) is 17.3. The van der Waals surface area contributed by atoms with E-state index in [9.17, 15) is 4.79 Å². The van der Waals surface area contributed by atoms with Crippen LogP contribution in [0.5, 0.6) is 0 Å². The molecule has 1 aliphatic carbocycles. The summed E-state index contributed by atoms with van der Waals surface area (Å²) in [5, 5.41) is 0. The molecule has 3 heteroatoms. The zero-order valence-electron chi connectivity index (χ0n) is 15.1. The van der Waals surface area contributed by atoms with Crippen molar-refractivity contribution in [3.8, 4) is 0 Å². The van der Waals surface area contributed by atoms with Crippen molar-refractivity contribution in [3.63, 3.8) is 0 Å².